The molecule has 1 aromatic heterocycles. The van der Waals surface area contributed by atoms with Crippen molar-refractivity contribution in [2.75, 3.05) is 50.8 Å². The summed E-state index contributed by atoms with van der Waals surface area (Å²) in [7, 11) is 0. The van der Waals surface area contributed by atoms with E-state index in [2.05, 4.69) is 32.0 Å². The van der Waals surface area contributed by atoms with Crippen LogP contribution in [0.5, 0.6) is 0 Å². The van der Waals surface area contributed by atoms with Crippen LogP contribution in [0.25, 0.3) is 0 Å². The summed E-state index contributed by atoms with van der Waals surface area (Å²) in [6.45, 7) is 8.09. The van der Waals surface area contributed by atoms with Gasteiger partial charge in [-0.25, -0.2) is 4.98 Å². The highest BCUT2D eigenvalue weighted by molar-refractivity contribution is 5.79. The van der Waals surface area contributed by atoms with E-state index in [0.29, 0.717) is 0 Å². The largest absolute Gasteiger partial charge is 0.379 e. The van der Waals surface area contributed by atoms with Crippen molar-refractivity contribution in [2.24, 2.45) is 5.92 Å². The molecule has 0 bridgehead atoms. The summed E-state index contributed by atoms with van der Waals surface area (Å²) in [5.41, 5.74) is 0. The van der Waals surface area contributed by atoms with Crippen LogP contribution in [0, 0.1) is 5.92 Å². The Morgan fingerprint density at radius 1 is 1.38 bits per heavy atom. The third-order valence-corrected chi connectivity index (χ3v) is 4.69. The molecule has 3 heterocycles. The highest BCUT2D eigenvalue weighted by Crippen LogP contribution is 2.21. The monoisotopic (exact) mass is 333 g/mol. The van der Waals surface area contributed by atoms with Gasteiger partial charge >= 0.3 is 0 Å². The van der Waals surface area contributed by atoms with Gasteiger partial charge in [0.25, 0.3) is 0 Å². The molecule has 2 saturated heterocycles. The van der Waals surface area contributed by atoms with Crippen LogP contribution >= 0.6 is 0 Å². The second-order valence-electron chi connectivity index (χ2n) is 6.67. The maximum atomic E-state index is 12.6. The molecule has 0 radical (unpaired) electrons. The predicted molar refractivity (Wildman–Crippen MR) is 91.8 cm³/mol. The highest BCUT2D eigenvalue weighted by atomic mass is 16.5. The van der Waals surface area contributed by atoms with Crippen LogP contribution in [0.1, 0.15) is 19.8 Å². The fraction of sp³-hybridized carbons (Fsp3) is 0.706. The molecule has 1 N–H and O–H groups in total. The number of hydrogen-bond donors (Lipinski definition) is 1. The minimum atomic E-state index is 0.0212. The van der Waals surface area contributed by atoms with Crippen molar-refractivity contribution in [1.29, 1.82) is 0 Å². The van der Waals surface area contributed by atoms with Gasteiger partial charge in [0.05, 0.1) is 25.3 Å². The first-order valence-electron chi connectivity index (χ1n) is 8.84. The van der Waals surface area contributed by atoms with Crippen LogP contribution in [-0.2, 0) is 9.53 Å². The summed E-state index contributed by atoms with van der Waals surface area (Å²) in [5.74, 6) is 1.04. The van der Waals surface area contributed by atoms with Crippen molar-refractivity contribution in [3.8, 4) is 0 Å². The molecule has 2 unspecified atom stereocenters. The molecule has 7 heteroatoms. The van der Waals surface area contributed by atoms with Crippen molar-refractivity contribution < 1.29 is 9.53 Å². The van der Waals surface area contributed by atoms with Gasteiger partial charge < -0.3 is 15.0 Å². The Bertz CT molecular complexity index is 521. The SMILES string of the molecule is CC(CN1CCOCC1)NC(=O)C1CCCN(c2cnccn2)C1. The quantitative estimate of drug-likeness (QED) is 0.848. The molecule has 3 rings (SSSR count). The average molecular weight is 333 g/mol. The number of rotatable bonds is 5. The normalized spacial score (nSPS) is 23.7. The van der Waals surface area contributed by atoms with E-state index >= 15 is 0 Å². The van der Waals surface area contributed by atoms with Crippen LogP contribution in [0.15, 0.2) is 18.6 Å². The van der Waals surface area contributed by atoms with Gasteiger partial charge in [-0.3, -0.25) is 14.7 Å². The Labute approximate surface area is 143 Å². The lowest BCUT2D eigenvalue weighted by Crippen LogP contribution is -2.49. The number of nitrogens with one attached hydrogen (secondary N) is 1. The molecule has 7 nitrogen and oxygen atoms in total. The van der Waals surface area contributed by atoms with Gasteiger partial charge in [0, 0.05) is 51.2 Å². The molecule has 0 aromatic carbocycles. The third-order valence-electron chi connectivity index (χ3n) is 4.69. The molecule has 0 aliphatic carbocycles. The molecule has 24 heavy (non-hydrogen) atoms. The van der Waals surface area contributed by atoms with Crippen molar-refractivity contribution >= 4 is 11.7 Å². The average Bonchev–Trinajstić information content (AvgIpc) is 2.63. The fourth-order valence-electron chi connectivity index (χ4n) is 3.43. The molecule has 1 amide bonds. The zero-order chi connectivity index (χ0) is 16.8. The van der Waals surface area contributed by atoms with E-state index in [0.717, 1.165) is 64.6 Å². The van der Waals surface area contributed by atoms with E-state index in [1.807, 2.05) is 0 Å². The van der Waals surface area contributed by atoms with E-state index in [1.54, 1.807) is 18.6 Å². The van der Waals surface area contributed by atoms with Crippen molar-refractivity contribution in [3.05, 3.63) is 18.6 Å². The molecule has 0 saturated carbocycles. The highest BCUT2D eigenvalue weighted by Gasteiger charge is 2.27. The zero-order valence-electron chi connectivity index (χ0n) is 14.4. The molecule has 132 valence electrons. The summed E-state index contributed by atoms with van der Waals surface area (Å²) < 4.78 is 5.37. The molecule has 2 atom stereocenters. The molecule has 1 aromatic rings. The first-order chi connectivity index (χ1) is 11.7. The van der Waals surface area contributed by atoms with Gasteiger partial charge in [0.1, 0.15) is 5.82 Å². The summed E-state index contributed by atoms with van der Waals surface area (Å²) in [6, 6.07) is 0.155. The fourth-order valence-corrected chi connectivity index (χ4v) is 3.43. The van der Waals surface area contributed by atoms with Gasteiger partial charge in [-0.05, 0) is 19.8 Å². The van der Waals surface area contributed by atoms with Gasteiger partial charge in [-0.15, -0.1) is 0 Å². The Hall–Kier alpha value is -1.73. The number of carbonyl (C=O) groups is 1. The standard InChI is InChI=1S/C17H27N5O2/c1-14(12-21-7-9-24-10-8-21)20-17(23)15-3-2-6-22(13-15)16-11-18-4-5-19-16/h4-5,11,14-15H,2-3,6-10,12-13H2,1H3,(H,20,23). The van der Waals surface area contributed by atoms with Gasteiger partial charge in [-0.1, -0.05) is 0 Å². The second-order valence-corrected chi connectivity index (χ2v) is 6.67. The zero-order valence-corrected chi connectivity index (χ0v) is 14.4. The maximum Gasteiger partial charge on any atom is 0.225 e. The predicted octanol–water partition coefficient (Wildman–Crippen LogP) is 0.530. The Balaban J connectivity index is 1.48. The minimum Gasteiger partial charge on any atom is -0.379 e. The Morgan fingerprint density at radius 3 is 2.96 bits per heavy atom. The number of amides is 1. The maximum absolute atomic E-state index is 12.6. The number of aromatic nitrogens is 2. The number of hydrogen-bond acceptors (Lipinski definition) is 6. The van der Waals surface area contributed by atoms with Crippen LogP contribution in [0.3, 0.4) is 0 Å². The second kappa shape index (κ2) is 8.39. The molecule has 2 aliphatic rings. The number of carbonyl (C=O) groups excluding carboxylic acids is 1. The van der Waals surface area contributed by atoms with E-state index in [1.165, 1.54) is 0 Å². The lowest BCUT2D eigenvalue weighted by Gasteiger charge is -2.34. The number of ether oxygens (including phenoxy) is 1. The third kappa shape index (κ3) is 4.64. The number of morpholine rings is 1. The van der Waals surface area contributed by atoms with E-state index < -0.39 is 0 Å². The van der Waals surface area contributed by atoms with Crippen LogP contribution in [0.4, 0.5) is 5.82 Å². The first-order valence-corrected chi connectivity index (χ1v) is 8.84. The number of piperidine rings is 1. The van der Waals surface area contributed by atoms with Crippen molar-refractivity contribution in [1.82, 2.24) is 20.2 Å². The Kier molecular flexibility index (Phi) is 5.98. The smallest absolute Gasteiger partial charge is 0.225 e. The molecule has 2 fully saturated rings. The molecular weight excluding hydrogens is 306 g/mol. The summed E-state index contributed by atoms with van der Waals surface area (Å²) in [6.07, 6.45) is 7.08. The van der Waals surface area contributed by atoms with E-state index in [9.17, 15) is 4.79 Å². The van der Waals surface area contributed by atoms with E-state index in [4.69, 9.17) is 4.74 Å². The lowest BCUT2D eigenvalue weighted by atomic mass is 9.97. The molecular formula is C17H27N5O2. The first kappa shape index (κ1) is 17.1. The van der Waals surface area contributed by atoms with Crippen LogP contribution in [-0.4, -0.2) is 72.8 Å². The minimum absolute atomic E-state index is 0.0212. The van der Waals surface area contributed by atoms with Gasteiger partial charge in [0.15, 0.2) is 0 Å². The van der Waals surface area contributed by atoms with Crippen LogP contribution in [0.2, 0.25) is 0 Å². The topological polar surface area (TPSA) is 70.6 Å². The number of nitrogens with zero attached hydrogens (tertiary/aromatic N) is 4. The van der Waals surface area contributed by atoms with E-state index in [-0.39, 0.29) is 17.9 Å². The summed E-state index contributed by atoms with van der Waals surface area (Å²) in [4.78, 5) is 25.6. The molecule has 0 spiro atoms. The van der Waals surface area contributed by atoms with Crippen molar-refractivity contribution in [2.45, 2.75) is 25.8 Å². The lowest BCUT2D eigenvalue weighted by molar-refractivity contribution is -0.126. The summed E-state index contributed by atoms with van der Waals surface area (Å²) >= 11 is 0. The van der Waals surface area contributed by atoms with Gasteiger partial charge in [0.2, 0.25) is 5.91 Å². The summed E-state index contributed by atoms with van der Waals surface area (Å²) in [5, 5.41) is 3.18. The number of anilines is 1. The van der Waals surface area contributed by atoms with Crippen molar-refractivity contribution in [3.63, 3.8) is 0 Å². The van der Waals surface area contributed by atoms with Crippen LogP contribution < -0.4 is 10.2 Å². The molecule has 2 aliphatic heterocycles. The Morgan fingerprint density at radius 2 is 2.21 bits per heavy atom. The van der Waals surface area contributed by atoms with Gasteiger partial charge in [-0.2, -0.15) is 0 Å².